The largest absolute Gasteiger partial charge is 0.412 e. The van der Waals surface area contributed by atoms with E-state index in [-0.39, 0.29) is 5.04 Å². The van der Waals surface area contributed by atoms with Gasteiger partial charge in [-0.05, 0) is 46.8 Å². The van der Waals surface area contributed by atoms with Crippen LogP contribution >= 0.6 is 22.6 Å². The second-order valence-electron chi connectivity index (χ2n) is 4.80. The fraction of sp³-hybridized carbons (Fsp3) is 0.700. The first kappa shape index (κ1) is 14.3. The summed E-state index contributed by atoms with van der Waals surface area (Å²) in [5, 5.41) is 0.227. The molecule has 0 aliphatic carbocycles. The zero-order valence-corrected chi connectivity index (χ0v) is 12.7. The van der Waals surface area contributed by atoms with Crippen LogP contribution in [0, 0.1) is 0 Å². The number of hydrogen-bond acceptors (Lipinski definition) is 2. The Kier molecular flexibility index (Phi) is 5.54. The molecule has 0 spiro atoms. The highest BCUT2D eigenvalue weighted by Crippen LogP contribution is 2.36. The third-order valence-corrected chi connectivity index (χ3v) is 7.78. The summed E-state index contributed by atoms with van der Waals surface area (Å²) < 4.78 is 6.87. The van der Waals surface area contributed by atoms with Gasteiger partial charge < -0.3 is 4.43 Å². The summed E-state index contributed by atoms with van der Waals surface area (Å²) >= 11 is 2.14. The molecule has 0 amide bonds. The van der Waals surface area contributed by atoms with Gasteiger partial charge in [-0.3, -0.25) is 4.79 Å². The average molecular weight is 326 g/mol. The summed E-state index contributed by atoms with van der Waals surface area (Å²) in [6, 6.07) is 0. The zero-order chi connectivity index (χ0) is 11.4. The Hall–Kier alpha value is 0.317. The lowest BCUT2D eigenvalue weighted by molar-refractivity contribution is -0.104. The Bertz CT molecular complexity index is 229. The van der Waals surface area contributed by atoms with Gasteiger partial charge in [-0.2, -0.15) is 0 Å². The first-order valence-corrected chi connectivity index (χ1v) is 8.63. The fourth-order valence-electron chi connectivity index (χ4n) is 0.588. The second kappa shape index (κ2) is 5.41. The monoisotopic (exact) mass is 326 g/mol. The molecule has 0 radical (unpaired) electrons. The second-order valence-corrected chi connectivity index (χ2v) is 11.0. The molecule has 0 atom stereocenters. The molecule has 0 aliphatic rings. The van der Waals surface area contributed by atoms with E-state index in [9.17, 15) is 4.79 Å². The van der Waals surface area contributed by atoms with Crippen LogP contribution in [0.2, 0.25) is 18.1 Å². The zero-order valence-electron chi connectivity index (χ0n) is 9.56. The fourth-order valence-corrected chi connectivity index (χ4v) is 2.13. The van der Waals surface area contributed by atoms with Gasteiger partial charge >= 0.3 is 0 Å². The van der Waals surface area contributed by atoms with Crippen LogP contribution in [-0.4, -0.2) is 21.2 Å². The van der Waals surface area contributed by atoms with Gasteiger partial charge in [0.25, 0.3) is 0 Å². The minimum atomic E-state index is -1.66. The Morgan fingerprint density at radius 3 is 2.29 bits per heavy atom. The van der Waals surface area contributed by atoms with E-state index in [4.69, 9.17) is 4.43 Å². The van der Waals surface area contributed by atoms with E-state index in [1.165, 1.54) is 0 Å². The van der Waals surface area contributed by atoms with Crippen LogP contribution in [0.1, 0.15) is 20.8 Å². The third-order valence-electron chi connectivity index (χ3n) is 2.63. The molecule has 14 heavy (non-hydrogen) atoms. The van der Waals surface area contributed by atoms with Crippen molar-refractivity contribution in [2.24, 2.45) is 0 Å². The topological polar surface area (TPSA) is 26.3 Å². The van der Waals surface area contributed by atoms with E-state index in [1.54, 1.807) is 6.08 Å². The Balaban J connectivity index is 4.26. The van der Waals surface area contributed by atoms with Crippen LogP contribution in [0.3, 0.4) is 0 Å². The first-order valence-electron chi connectivity index (χ1n) is 4.64. The molecule has 0 heterocycles. The maximum Gasteiger partial charge on any atom is 0.192 e. The molecule has 0 saturated heterocycles. The molecular formula is C10H19IO2Si. The first-order chi connectivity index (χ1) is 6.20. The van der Waals surface area contributed by atoms with Crippen molar-refractivity contribution < 1.29 is 9.22 Å². The van der Waals surface area contributed by atoms with Gasteiger partial charge in [0.05, 0.1) is 6.61 Å². The van der Waals surface area contributed by atoms with Crippen molar-refractivity contribution in [2.75, 3.05) is 6.61 Å². The molecule has 0 bridgehead atoms. The van der Waals surface area contributed by atoms with E-state index < -0.39 is 8.32 Å². The van der Waals surface area contributed by atoms with Crippen LogP contribution in [0.15, 0.2) is 9.66 Å². The third kappa shape index (κ3) is 4.70. The van der Waals surface area contributed by atoms with E-state index >= 15 is 0 Å². The van der Waals surface area contributed by atoms with E-state index in [1.807, 2.05) is 0 Å². The quantitative estimate of drug-likeness (QED) is 0.342. The lowest BCUT2D eigenvalue weighted by Gasteiger charge is -2.36. The van der Waals surface area contributed by atoms with Crippen LogP contribution < -0.4 is 0 Å². The number of aldehydes is 1. The summed E-state index contributed by atoms with van der Waals surface area (Å²) in [7, 11) is -1.66. The summed E-state index contributed by atoms with van der Waals surface area (Å²) in [4.78, 5) is 10.2. The molecule has 0 N–H and O–H groups in total. The van der Waals surface area contributed by atoms with Crippen molar-refractivity contribution in [3.63, 3.8) is 0 Å². The number of halogens is 1. The van der Waals surface area contributed by atoms with E-state index in [0.717, 1.165) is 9.87 Å². The standard InChI is InChI=1S/C10H19IO2Si/c1-10(2,3)14(4,5)13-8-9(11)6-7-12/h6-7H,8H2,1-5H3/b9-6-. The molecule has 0 fully saturated rings. The minimum Gasteiger partial charge on any atom is -0.412 e. The molecule has 82 valence electrons. The van der Waals surface area contributed by atoms with Gasteiger partial charge in [-0.25, -0.2) is 0 Å². The van der Waals surface area contributed by atoms with Crippen LogP contribution in [-0.2, 0) is 9.22 Å². The summed E-state index contributed by atoms with van der Waals surface area (Å²) in [6.45, 7) is 11.6. The molecular weight excluding hydrogens is 307 g/mol. The maximum absolute atomic E-state index is 10.2. The van der Waals surface area contributed by atoms with Gasteiger partial charge in [0.1, 0.15) is 6.29 Å². The summed E-state index contributed by atoms with van der Waals surface area (Å²) in [5.41, 5.74) is 0. The molecule has 0 aromatic carbocycles. The molecule has 2 nitrogen and oxygen atoms in total. The Morgan fingerprint density at radius 2 is 1.93 bits per heavy atom. The van der Waals surface area contributed by atoms with Gasteiger partial charge in [0, 0.05) is 3.58 Å². The lowest BCUT2D eigenvalue weighted by Crippen LogP contribution is -2.41. The molecule has 0 saturated carbocycles. The molecule has 0 aliphatic heterocycles. The number of rotatable bonds is 4. The van der Waals surface area contributed by atoms with Crippen molar-refractivity contribution in [1.82, 2.24) is 0 Å². The van der Waals surface area contributed by atoms with Crippen molar-refractivity contribution in [3.8, 4) is 0 Å². The number of hydrogen-bond donors (Lipinski definition) is 0. The Labute approximate surface area is 101 Å². The highest BCUT2D eigenvalue weighted by atomic mass is 127. The van der Waals surface area contributed by atoms with Crippen LogP contribution in [0.4, 0.5) is 0 Å². The molecule has 0 aromatic rings. The molecule has 0 rings (SSSR count). The predicted octanol–water partition coefficient (Wildman–Crippen LogP) is 3.53. The van der Waals surface area contributed by atoms with Gasteiger partial charge in [-0.15, -0.1) is 0 Å². The van der Waals surface area contributed by atoms with Crippen molar-refractivity contribution in [1.29, 1.82) is 0 Å². The smallest absolute Gasteiger partial charge is 0.192 e. The predicted molar refractivity (Wildman–Crippen MR) is 71.3 cm³/mol. The average Bonchev–Trinajstić information content (AvgIpc) is 1.99. The van der Waals surface area contributed by atoms with Crippen molar-refractivity contribution in [3.05, 3.63) is 9.66 Å². The molecule has 4 heteroatoms. The van der Waals surface area contributed by atoms with E-state index in [2.05, 4.69) is 56.5 Å². The summed E-state index contributed by atoms with van der Waals surface area (Å²) in [6.07, 6.45) is 2.35. The van der Waals surface area contributed by atoms with E-state index in [0.29, 0.717) is 6.61 Å². The Morgan fingerprint density at radius 1 is 1.43 bits per heavy atom. The van der Waals surface area contributed by atoms with Crippen LogP contribution in [0.5, 0.6) is 0 Å². The maximum atomic E-state index is 10.2. The highest BCUT2D eigenvalue weighted by molar-refractivity contribution is 14.1. The van der Waals surface area contributed by atoms with Crippen molar-refractivity contribution in [2.45, 2.75) is 38.9 Å². The SMILES string of the molecule is CC(C)(C)[Si](C)(C)OC/C(I)=C/C=O. The number of allylic oxidation sites excluding steroid dienone is 1. The van der Waals surface area contributed by atoms with Gasteiger partial charge in [0.15, 0.2) is 8.32 Å². The summed E-state index contributed by atoms with van der Waals surface area (Å²) in [5.74, 6) is 0. The normalized spacial score (nSPS) is 14.3. The van der Waals surface area contributed by atoms with Crippen molar-refractivity contribution >= 4 is 37.2 Å². The number of carbonyl (C=O) groups is 1. The van der Waals surface area contributed by atoms with Gasteiger partial charge in [-0.1, -0.05) is 20.8 Å². The van der Waals surface area contributed by atoms with Gasteiger partial charge in [0.2, 0.25) is 0 Å². The minimum absolute atomic E-state index is 0.227. The number of carbonyl (C=O) groups excluding carboxylic acids is 1. The molecule has 0 aromatic heterocycles. The molecule has 0 unspecified atom stereocenters. The van der Waals surface area contributed by atoms with Crippen LogP contribution in [0.25, 0.3) is 0 Å². The lowest BCUT2D eigenvalue weighted by atomic mass is 10.2. The highest BCUT2D eigenvalue weighted by Gasteiger charge is 2.36.